The van der Waals surface area contributed by atoms with E-state index in [4.69, 9.17) is 4.84 Å². The second-order valence-corrected chi connectivity index (χ2v) is 3.28. The van der Waals surface area contributed by atoms with Crippen LogP contribution in [-0.4, -0.2) is 36.5 Å². The maximum absolute atomic E-state index is 12.6. The zero-order valence-corrected chi connectivity index (χ0v) is 11.2. The maximum Gasteiger partial charge on any atom is 0.451 e. The number of carbonyl (C=O) groups excluding carboxylic acids is 1. The predicted molar refractivity (Wildman–Crippen MR) is 63.7 cm³/mol. The number of hydrogen-bond acceptors (Lipinski definition) is 7. The third kappa shape index (κ3) is 4.02. The predicted octanol–water partition coefficient (Wildman–Crippen LogP) is 2.01. The van der Waals surface area contributed by atoms with Gasteiger partial charge in [-0.1, -0.05) is 5.16 Å². The molecule has 1 amide bonds. The number of alkyl halides is 3. The van der Waals surface area contributed by atoms with Crippen LogP contribution in [0.3, 0.4) is 0 Å². The summed E-state index contributed by atoms with van der Waals surface area (Å²) in [7, 11) is 2.16. The number of halogens is 3. The molecule has 116 valence electrons. The van der Waals surface area contributed by atoms with Crippen LogP contribution in [0.2, 0.25) is 0 Å². The van der Waals surface area contributed by atoms with Crippen LogP contribution in [0.4, 0.5) is 23.7 Å². The molecule has 0 N–H and O–H groups in total. The Labute approximate surface area is 117 Å². The molecular weight excluding hydrogens is 297 g/mol. The number of aromatic nitrogens is 2. The van der Waals surface area contributed by atoms with Crippen molar-refractivity contribution in [1.82, 2.24) is 9.97 Å². The lowest BCUT2D eigenvalue weighted by Crippen LogP contribution is -2.30. The number of nitrogens with zero attached hydrogens (tertiary/aromatic N) is 4. The summed E-state index contributed by atoms with van der Waals surface area (Å²) in [5.41, 5.74) is -0.303. The van der Waals surface area contributed by atoms with Crippen molar-refractivity contribution in [3.8, 4) is 5.88 Å². The van der Waals surface area contributed by atoms with Crippen molar-refractivity contribution in [2.75, 3.05) is 19.3 Å². The van der Waals surface area contributed by atoms with E-state index < -0.39 is 24.0 Å². The SMILES string of the molecule is CC=NOc1nc(C(F)(F)F)ncc1N(OC)C(=O)OC. The molecule has 1 aromatic rings. The highest BCUT2D eigenvalue weighted by atomic mass is 19.4. The Balaban J connectivity index is 3.32. The fraction of sp³-hybridized carbons (Fsp3) is 0.400. The summed E-state index contributed by atoms with van der Waals surface area (Å²) < 4.78 is 42.1. The van der Waals surface area contributed by atoms with Crippen LogP contribution in [0.5, 0.6) is 5.88 Å². The molecule has 0 fully saturated rings. The van der Waals surface area contributed by atoms with Crippen molar-refractivity contribution < 1.29 is 32.4 Å². The molecule has 0 aliphatic heterocycles. The highest BCUT2D eigenvalue weighted by molar-refractivity contribution is 5.86. The van der Waals surface area contributed by atoms with Gasteiger partial charge in [0.25, 0.3) is 5.88 Å². The van der Waals surface area contributed by atoms with Gasteiger partial charge in [-0.2, -0.15) is 18.2 Å². The van der Waals surface area contributed by atoms with Gasteiger partial charge in [0.15, 0.2) is 5.69 Å². The molecule has 0 unspecified atom stereocenters. The van der Waals surface area contributed by atoms with Crippen LogP contribution in [-0.2, 0) is 15.8 Å². The van der Waals surface area contributed by atoms with Gasteiger partial charge in [-0.25, -0.2) is 9.78 Å². The second-order valence-electron chi connectivity index (χ2n) is 3.28. The van der Waals surface area contributed by atoms with Crippen LogP contribution >= 0.6 is 0 Å². The third-order valence-corrected chi connectivity index (χ3v) is 1.98. The Morgan fingerprint density at radius 1 is 1.43 bits per heavy atom. The molecule has 1 aromatic heterocycles. The number of ether oxygens (including phenoxy) is 1. The van der Waals surface area contributed by atoms with E-state index in [1.807, 2.05) is 0 Å². The van der Waals surface area contributed by atoms with Gasteiger partial charge < -0.3 is 9.57 Å². The van der Waals surface area contributed by atoms with E-state index >= 15 is 0 Å². The highest BCUT2D eigenvalue weighted by Crippen LogP contribution is 2.32. The number of oxime groups is 1. The number of anilines is 1. The topological polar surface area (TPSA) is 86.1 Å². The van der Waals surface area contributed by atoms with Gasteiger partial charge >= 0.3 is 12.3 Å². The van der Waals surface area contributed by atoms with E-state index in [9.17, 15) is 18.0 Å². The molecule has 0 saturated carbocycles. The number of amides is 1. The first-order chi connectivity index (χ1) is 9.85. The van der Waals surface area contributed by atoms with E-state index in [0.717, 1.165) is 14.2 Å². The molecule has 0 aliphatic carbocycles. The molecule has 8 nitrogen and oxygen atoms in total. The first-order valence-corrected chi connectivity index (χ1v) is 5.36. The zero-order chi connectivity index (χ0) is 16.0. The molecule has 1 heterocycles. The van der Waals surface area contributed by atoms with Crippen molar-refractivity contribution in [2.45, 2.75) is 13.1 Å². The number of methoxy groups -OCH3 is 1. The molecular formula is C10H11F3N4O4. The number of rotatable bonds is 4. The molecule has 0 atom stereocenters. The smallest absolute Gasteiger partial charge is 0.451 e. The minimum absolute atomic E-state index is 0.303. The van der Waals surface area contributed by atoms with Gasteiger partial charge in [0.05, 0.1) is 20.4 Å². The molecule has 21 heavy (non-hydrogen) atoms. The monoisotopic (exact) mass is 308 g/mol. The van der Waals surface area contributed by atoms with E-state index in [1.54, 1.807) is 0 Å². The third-order valence-electron chi connectivity index (χ3n) is 1.98. The van der Waals surface area contributed by atoms with E-state index in [2.05, 4.69) is 24.7 Å². The largest absolute Gasteiger partial charge is 0.451 e. The summed E-state index contributed by atoms with van der Waals surface area (Å²) >= 11 is 0. The Kier molecular flexibility index (Phi) is 5.41. The molecule has 0 saturated heterocycles. The summed E-state index contributed by atoms with van der Waals surface area (Å²) in [4.78, 5) is 27.1. The van der Waals surface area contributed by atoms with Gasteiger partial charge in [-0.3, -0.25) is 4.84 Å². The molecule has 0 aromatic carbocycles. The quantitative estimate of drug-likeness (QED) is 0.625. The normalized spacial score (nSPS) is 11.5. The lowest BCUT2D eigenvalue weighted by Gasteiger charge is -2.19. The summed E-state index contributed by atoms with van der Waals surface area (Å²) in [5, 5.41) is 3.83. The second kappa shape index (κ2) is 6.83. The first kappa shape index (κ1) is 16.6. The van der Waals surface area contributed by atoms with Crippen molar-refractivity contribution in [3.05, 3.63) is 12.0 Å². The van der Waals surface area contributed by atoms with Crippen molar-refractivity contribution >= 4 is 18.0 Å². The number of hydrogen-bond donors (Lipinski definition) is 0. The minimum Gasteiger partial charge on any atom is -0.451 e. The summed E-state index contributed by atoms with van der Waals surface area (Å²) in [6.45, 7) is 1.47. The highest BCUT2D eigenvalue weighted by Gasteiger charge is 2.36. The summed E-state index contributed by atoms with van der Waals surface area (Å²) in [6, 6.07) is 0. The van der Waals surface area contributed by atoms with Crippen molar-refractivity contribution in [2.24, 2.45) is 5.16 Å². The Morgan fingerprint density at radius 2 is 2.10 bits per heavy atom. The summed E-state index contributed by atoms with van der Waals surface area (Å²) in [5.74, 6) is -2.07. The zero-order valence-electron chi connectivity index (χ0n) is 11.2. The minimum atomic E-state index is -4.78. The van der Waals surface area contributed by atoms with Crippen LogP contribution < -0.4 is 9.90 Å². The van der Waals surface area contributed by atoms with E-state index in [0.29, 0.717) is 11.3 Å². The van der Waals surface area contributed by atoms with E-state index in [-0.39, 0.29) is 5.69 Å². The van der Waals surface area contributed by atoms with Gasteiger partial charge in [-0.15, -0.1) is 5.06 Å². The Morgan fingerprint density at radius 3 is 2.57 bits per heavy atom. The summed E-state index contributed by atoms with van der Waals surface area (Å²) in [6.07, 6.45) is -3.91. The van der Waals surface area contributed by atoms with Crippen LogP contribution in [0, 0.1) is 0 Å². The first-order valence-electron chi connectivity index (χ1n) is 5.36. The number of carbonyl (C=O) groups is 1. The van der Waals surface area contributed by atoms with E-state index in [1.165, 1.54) is 13.1 Å². The molecule has 11 heteroatoms. The van der Waals surface area contributed by atoms with Gasteiger partial charge in [0.1, 0.15) is 0 Å². The maximum atomic E-state index is 12.6. The van der Waals surface area contributed by atoms with Gasteiger partial charge in [0.2, 0.25) is 5.82 Å². The molecule has 1 rings (SSSR count). The molecule has 0 bridgehead atoms. The van der Waals surface area contributed by atoms with Crippen LogP contribution in [0.25, 0.3) is 0 Å². The van der Waals surface area contributed by atoms with Crippen molar-refractivity contribution in [1.29, 1.82) is 0 Å². The molecule has 0 radical (unpaired) electrons. The fourth-order valence-electron chi connectivity index (χ4n) is 1.16. The van der Waals surface area contributed by atoms with Gasteiger partial charge in [0, 0.05) is 6.21 Å². The molecule has 0 aliphatic rings. The lowest BCUT2D eigenvalue weighted by atomic mass is 10.4. The average molecular weight is 308 g/mol. The Bertz CT molecular complexity index is 536. The standard InChI is InChI=1S/C10H11F3N4O4/c1-4-15-21-7-6(17(20-3)9(18)19-2)5-14-8(16-7)10(11,12)13/h4-5H,1-3H3. The number of hydroxylamine groups is 1. The van der Waals surface area contributed by atoms with Gasteiger partial charge in [-0.05, 0) is 6.92 Å². The Hall–Kier alpha value is -2.43. The fourth-order valence-corrected chi connectivity index (χ4v) is 1.16. The van der Waals surface area contributed by atoms with Crippen LogP contribution in [0.1, 0.15) is 12.7 Å². The molecule has 0 spiro atoms. The van der Waals surface area contributed by atoms with Crippen molar-refractivity contribution in [3.63, 3.8) is 0 Å². The lowest BCUT2D eigenvalue weighted by molar-refractivity contribution is -0.145. The average Bonchev–Trinajstić information content (AvgIpc) is 2.45. The van der Waals surface area contributed by atoms with Crippen LogP contribution in [0.15, 0.2) is 11.4 Å².